The number of thiazole rings is 1. The highest BCUT2D eigenvalue weighted by molar-refractivity contribution is 7.15. The van der Waals surface area contributed by atoms with Crippen molar-refractivity contribution in [3.63, 3.8) is 0 Å². The van der Waals surface area contributed by atoms with Gasteiger partial charge in [-0.1, -0.05) is 13.8 Å². The quantitative estimate of drug-likeness (QED) is 0.886. The van der Waals surface area contributed by atoms with E-state index >= 15 is 0 Å². The summed E-state index contributed by atoms with van der Waals surface area (Å²) in [6.45, 7) is 14.2. The summed E-state index contributed by atoms with van der Waals surface area (Å²) in [4.78, 5) is 8.09. The summed E-state index contributed by atoms with van der Waals surface area (Å²) in [5, 5.41) is 4.61. The second kappa shape index (κ2) is 6.02. The largest absolute Gasteiger partial charge is 0.348 e. The van der Waals surface area contributed by atoms with E-state index in [1.165, 1.54) is 4.88 Å². The molecular weight excluding hydrogens is 242 g/mol. The van der Waals surface area contributed by atoms with E-state index < -0.39 is 0 Å². The van der Waals surface area contributed by atoms with Crippen LogP contribution in [0.15, 0.2) is 6.20 Å². The Morgan fingerprint density at radius 3 is 2.44 bits per heavy atom. The normalized spacial score (nSPS) is 14.0. The minimum atomic E-state index is 0.154. The predicted molar refractivity (Wildman–Crippen MR) is 81.4 cm³/mol. The Morgan fingerprint density at radius 2 is 1.94 bits per heavy atom. The van der Waals surface area contributed by atoms with E-state index in [9.17, 15) is 0 Å². The van der Waals surface area contributed by atoms with Crippen molar-refractivity contribution in [1.29, 1.82) is 0 Å². The van der Waals surface area contributed by atoms with Crippen LogP contribution in [-0.4, -0.2) is 23.6 Å². The first kappa shape index (κ1) is 15.4. The maximum absolute atomic E-state index is 4.52. The molecule has 0 bridgehead atoms. The van der Waals surface area contributed by atoms with Gasteiger partial charge in [-0.15, -0.1) is 11.3 Å². The van der Waals surface area contributed by atoms with Crippen LogP contribution < -0.4 is 10.2 Å². The summed E-state index contributed by atoms with van der Waals surface area (Å²) in [5.74, 6) is 0.634. The Kier molecular flexibility index (Phi) is 5.17. The molecule has 0 aliphatic rings. The maximum atomic E-state index is 4.52. The van der Waals surface area contributed by atoms with Crippen LogP contribution in [0, 0.1) is 5.92 Å². The van der Waals surface area contributed by atoms with Gasteiger partial charge in [0, 0.05) is 36.2 Å². The Balaban J connectivity index is 2.63. The van der Waals surface area contributed by atoms with Gasteiger partial charge in [0.15, 0.2) is 5.13 Å². The minimum Gasteiger partial charge on any atom is -0.348 e. The summed E-state index contributed by atoms with van der Waals surface area (Å²) in [5.41, 5.74) is 0.154. The van der Waals surface area contributed by atoms with E-state index in [1.807, 2.05) is 6.20 Å². The fourth-order valence-corrected chi connectivity index (χ4v) is 2.42. The van der Waals surface area contributed by atoms with Crippen molar-refractivity contribution in [2.75, 3.05) is 11.9 Å². The summed E-state index contributed by atoms with van der Waals surface area (Å²) >= 11 is 1.78. The molecule has 18 heavy (non-hydrogen) atoms. The third-order valence-electron chi connectivity index (χ3n) is 3.21. The van der Waals surface area contributed by atoms with Gasteiger partial charge >= 0.3 is 0 Å². The molecule has 1 rings (SSSR count). The Hall–Kier alpha value is -0.610. The standard InChI is InChI=1S/C14H27N3S/c1-10(2)11(3)17(7)13-15-8-12(18-13)9-16-14(4,5)6/h8,10-11,16H,9H2,1-7H3. The molecule has 0 radical (unpaired) electrons. The van der Waals surface area contributed by atoms with Crippen LogP contribution in [0.25, 0.3) is 0 Å². The minimum absolute atomic E-state index is 0.154. The van der Waals surface area contributed by atoms with Crippen LogP contribution in [0.4, 0.5) is 5.13 Å². The van der Waals surface area contributed by atoms with Gasteiger partial charge in [-0.25, -0.2) is 4.98 Å². The van der Waals surface area contributed by atoms with Gasteiger partial charge < -0.3 is 10.2 Å². The first-order chi connectivity index (χ1) is 8.20. The molecule has 1 unspecified atom stereocenters. The van der Waals surface area contributed by atoms with E-state index in [2.05, 4.69) is 63.8 Å². The zero-order valence-corrected chi connectivity index (χ0v) is 13.6. The molecule has 1 N–H and O–H groups in total. The molecule has 0 fully saturated rings. The average Bonchev–Trinajstić information content (AvgIpc) is 2.71. The van der Waals surface area contributed by atoms with Crippen molar-refractivity contribution in [2.24, 2.45) is 5.92 Å². The van der Waals surface area contributed by atoms with Crippen LogP contribution >= 0.6 is 11.3 Å². The van der Waals surface area contributed by atoms with Crippen LogP contribution in [0.3, 0.4) is 0 Å². The van der Waals surface area contributed by atoms with Gasteiger partial charge in [-0.2, -0.15) is 0 Å². The molecule has 0 saturated heterocycles. The Labute approximate surface area is 116 Å². The molecule has 3 nitrogen and oxygen atoms in total. The topological polar surface area (TPSA) is 28.2 Å². The smallest absolute Gasteiger partial charge is 0.185 e. The highest BCUT2D eigenvalue weighted by Crippen LogP contribution is 2.25. The first-order valence-corrected chi connectivity index (χ1v) is 7.45. The van der Waals surface area contributed by atoms with Crippen molar-refractivity contribution in [3.05, 3.63) is 11.1 Å². The number of hydrogen-bond acceptors (Lipinski definition) is 4. The third kappa shape index (κ3) is 4.58. The van der Waals surface area contributed by atoms with E-state index in [1.54, 1.807) is 11.3 Å². The van der Waals surface area contributed by atoms with Crippen LogP contribution in [0.1, 0.15) is 46.4 Å². The number of rotatable bonds is 5. The molecule has 0 aromatic carbocycles. The van der Waals surface area contributed by atoms with Crippen molar-refractivity contribution in [2.45, 2.75) is 59.7 Å². The third-order valence-corrected chi connectivity index (χ3v) is 4.30. The first-order valence-electron chi connectivity index (χ1n) is 6.63. The Bertz CT molecular complexity index is 365. The monoisotopic (exact) mass is 269 g/mol. The molecule has 1 atom stereocenters. The van der Waals surface area contributed by atoms with Crippen molar-refractivity contribution < 1.29 is 0 Å². The molecule has 0 spiro atoms. The Morgan fingerprint density at radius 1 is 1.33 bits per heavy atom. The number of aromatic nitrogens is 1. The van der Waals surface area contributed by atoms with Gasteiger partial charge in [-0.3, -0.25) is 0 Å². The molecule has 104 valence electrons. The lowest BCUT2D eigenvalue weighted by Gasteiger charge is -2.27. The maximum Gasteiger partial charge on any atom is 0.185 e. The van der Waals surface area contributed by atoms with Gasteiger partial charge in [0.05, 0.1) is 0 Å². The van der Waals surface area contributed by atoms with Crippen molar-refractivity contribution in [1.82, 2.24) is 10.3 Å². The van der Waals surface area contributed by atoms with Crippen LogP contribution in [-0.2, 0) is 6.54 Å². The number of nitrogens with zero attached hydrogens (tertiary/aromatic N) is 2. The van der Waals surface area contributed by atoms with Gasteiger partial charge in [-0.05, 0) is 33.6 Å². The molecule has 0 amide bonds. The molecule has 1 aromatic rings. The van der Waals surface area contributed by atoms with Crippen molar-refractivity contribution in [3.8, 4) is 0 Å². The van der Waals surface area contributed by atoms with E-state index in [0.717, 1.165) is 11.7 Å². The van der Waals surface area contributed by atoms with Gasteiger partial charge in [0.1, 0.15) is 0 Å². The highest BCUT2D eigenvalue weighted by atomic mass is 32.1. The molecular formula is C14H27N3S. The predicted octanol–water partition coefficient (Wildman–Crippen LogP) is 3.51. The highest BCUT2D eigenvalue weighted by Gasteiger charge is 2.17. The summed E-state index contributed by atoms with van der Waals surface area (Å²) < 4.78 is 0. The van der Waals surface area contributed by atoms with Crippen molar-refractivity contribution >= 4 is 16.5 Å². The number of nitrogens with one attached hydrogen (secondary N) is 1. The lowest BCUT2D eigenvalue weighted by molar-refractivity contribution is 0.426. The summed E-state index contributed by atoms with van der Waals surface area (Å²) in [6.07, 6.45) is 1.99. The second-order valence-electron chi connectivity index (χ2n) is 6.31. The lowest BCUT2D eigenvalue weighted by atomic mass is 10.1. The van der Waals surface area contributed by atoms with Gasteiger partial charge in [0.2, 0.25) is 0 Å². The molecule has 1 aromatic heterocycles. The zero-order valence-electron chi connectivity index (χ0n) is 12.7. The second-order valence-corrected chi connectivity index (χ2v) is 7.40. The van der Waals surface area contributed by atoms with Crippen LogP contribution in [0.2, 0.25) is 0 Å². The van der Waals surface area contributed by atoms with E-state index in [4.69, 9.17) is 0 Å². The molecule has 0 aliphatic carbocycles. The average molecular weight is 269 g/mol. The molecule has 0 aliphatic heterocycles. The lowest BCUT2D eigenvalue weighted by Crippen LogP contribution is -2.34. The summed E-state index contributed by atoms with van der Waals surface area (Å²) in [6, 6.07) is 0.513. The van der Waals surface area contributed by atoms with E-state index in [0.29, 0.717) is 12.0 Å². The zero-order chi connectivity index (χ0) is 13.9. The summed E-state index contributed by atoms with van der Waals surface area (Å²) in [7, 11) is 2.13. The molecule has 0 saturated carbocycles. The fourth-order valence-electron chi connectivity index (χ4n) is 1.52. The number of hydrogen-bond donors (Lipinski definition) is 1. The van der Waals surface area contributed by atoms with Crippen LogP contribution in [0.5, 0.6) is 0 Å². The fraction of sp³-hybridized carbons (Fsp3) is 0.786. The molecule has 1 heterocycles. The molecule has 4 heteroatoms. The van der Waals surface area contributed by atoms with Gasteiger partial charge in [0.25, 0.3) is 0 Å². The SMILES string of the molecule is CC(C)C(C)N(C)c1ncc(CNC(C)(C)C)s1. The number of anilines is 1. The van der Waals surface area contributed by atoms with E-state index in [-0.39, 0.29) is 5.54 Å².